The highest BCUT2D eigenvalue weighted by atomic mass is 79.9. The Morgan fingerprint density at radius 1 is 0.735 bits per heavy atom. The van der Waals surface area contributed by atoms with Crippen LogP contribution >= 0.6 is 15.9 Å². The Balaban J connectivity index is 1.41. The second-order valence-electron chi connectivity index (χ2n) is 7.23. The fourth-order valence-electron chi connectivity index (χ4n) is 3.28. The Kier molecular flexibility index (Phi) is 7.10. The van der Waals surface area contributed by atoms with E-state index in [-0.39, 0.29) is 11.3 Å². The van der Waals surface area contributed by atoms with E-state index in [1.807, 2.05) is 42.5 Å². The molecular formula is C26H19BrN4O3. The van der Waals surface area contributed by atoms with Crippen molar-refractivity contribution in [3.63, 3.8) is 0 Å². The van der Waals surface area contributed by atoms with Gasteiger partial charge >= 0.3 is 11.8 Å². The van der Waals surface area contributed by atoms with Crippen molar-refractivity contribution in [3.05, 3.63) is 107 Å². The quantitative estimate of drug-likeness (QED) is 0.199. The Labute approximate surface area is 204 Å². The van der Waals surface area contributed by atoms with E-state index in [1.54, 1.807) is 48.5 Å². The van der Waals surface area contributed by atoms with E-state index >= 15 is 0 Å². The molecule has 0 atom stereocenters. The van der Waals surface area contributed by atoms with Gasteiger partial charge in [-0.2, -0.15) is 5.10 Å². The van der Waals surface area contributed by atoms with Gasteiger partial charge in [-0.15, -0.1) is 0 Å². The number of para-hydroxylation sites is 1. The van der Waals surface area contributed by atoms with Crippen LogP contribution in [-0.4, -0.2) is 23.9 Å². The molecular weight excluding hydrogens is 496 g/mol. The number of nitrogens with one attached hydrogen (secondary N) is 3. The molecule has 0 bridgehead atoms. The molecule has 7 nitrogen and oxygen atoms in total. The van der Waals surface area contributed by atoms with E-state index in [1.165, 1.54) is 6.21 Å². The molecule has 34 heavy (non-hydrogen) atoms. The predicted molar refractivity (Wildman–Crippen MR) is 137 cm³/mol. The van der Waals surface area contributed by atoms with Crippen molar-refractivity contribution >= 4 is 62.0 Å². The van der Waals surface area contributed by atoms with Gasteiger partial charge in [0.05, 0.1) is 17.5 Å². The first-order valence-electron chi connectivity index (χ1n) is 10.3. The second kappa shape index (κ2) is 10.5. The van der Waals surface area contributed by atoms with E-state index in [2.05, 4.69) is 37.1 Å². The zero-order valence-corrected chi connectivity index (χ0v) is 19.4. The van der Waals surface area contributed by atoms with Gasteiger partial charge in [-0.05, 0) is 47.2 Å². The Hall–Kier alpha value is -4.30. The number of carbonyl (C=O) groups is 3. The molecule has 0 aliphatic carbocycles. The van der Waals surface area contributed by atoms with E-state index < -0.39 is 17.7 Å². The lowest BCUT2D eigenvalue weighted by molar-refractivity contribution is -0.136. The van der Waals surface area contributed by atoms with Crippen LogP contribution in [-0.2, 0) is 9.59 Å². The molecule has 4 rings (SSSR count). The van der Waals surface area contributed by atoms with Crippen molar-refractivity contribution in [1.29, 1.82) is 0 Å². The average Bonchev–Trinajstić information content (AvgIpc) is 2.85. The third-order valence-electron chi connectivity index (χ3n) is 4.92. The van der Waals surface area contributed by atoms with Crippen LogP contribution < -0.4 is 16.1 Å². The van der Waals surface area contributed by atoms with Crippen LogP contribution in [0.5, 0.6) is 0 Å². The molecule has 0 radical (unpaired) electrons. The van der Waals surface area contributed by atoms with Crippen LogP contribution in [0.4, 0.5) is 11.4 Å². The van der Waals surface area contributed by atoms with Gasteiger partial charge in [-0.25, -0.2) is 5.43 Å². The topological polar surface area (TPSA) is 99.7 Å². The highest BCUT2D eigenvalue weighted by molar-refractivity contribution is 9.10. The Morgan fingerprint density at radius 3 is 2.26 bits per heavy atom. The van der Waals surface area contributed by atoms with Gasteiger partial charge in [0.2, 0.25) is 0 Å². The van der Waals surface area contributed by atoms with E-state index in [0.29, 0.717) is 5.69 Å². The number of hydrogen-bond donors (Lipinski definition) is 3. The molecule has 0 spiro atoms. The number of nitrogens with zero attached hydrogens (tertiary/aromatic N) is 1. The van der Waals surface area contributed by atoms with Crippen molar-refractivity contribution < 1.29 is 14.4 Å². The molecule has 3 N–H and O–H groups in total. The number of fused-ring (bicyclic) bond motifs is 1. The lowest BCUT2D eigenvalue weighted by atomic mass is 10.1. The van der Waals surface area contributed by atoms with Crippen molar-refractivity contribution in [1.82, 2.24) is 5.43 Å². The normalized spacial score (nSPS) is 10.7. The van der Waals surface area contributed by atoms with Gasteiger partial charge in [0.25, 0.3) is 5.91 Å². The van der Waals surface area contributed by atoms with Gasteiger partial charge < -0.3 is 10.6 Å². The molecule has 0 aliphatic heterocycles. The zero-order valence-electron chi connectivity index (χ0n) is 17.8. The highest BCUT2D eigenvalue weighted by Gasteiger charge is 2.17. The monoisotopic (exact) mass is 514 g/mol. The predicted octanol–water partition coefficient (Wildman–Crippen LogP) is 4.94. The Bertz CT molecular complexity index is 1400. The number of rotatable bonds is 5. The molecule has 3 amide bonds. The maximum atomic E-state index is 12.7. The van der Waals surface area contributed by atoms with Gasteiger partial charge in [-0.3, -0.25) is 14.4 Å². The smallest absolute Gasteiger partial charge is 0.322 e. The van der Waals surface area contributed by atoms with Gasteiger partial charge in [0.1, 0.15) is 0 Å². The molecule has 0 saturated heterocycles. The average molecular weight is 515 g/mol. The minimum Gasteiger partial charge on any atom is -0.322 e. The fraction of sp³-hybridized carbons (Fsp3) is 0. The SMILES string of the molecule is O=C(N/N=C\c1cccc2ccccc12)C(=O)Nc1ccccc1C(=O)Nc1ccc(Br)cc1. The number of benzene rings is 4. The molecule has 0 saturated carbocycles. The maximum absolute atomic E-state index is 12.7. The lowest BCUT2D eigenvalue weighted by Crippen LogP contribution is -2.33. The number of halogens is 1. The minimum absolute atomic E-state index is 0.204. The summed E-state index contributed by atoms with van der Waals surface area (Å²) >= 11 is 3.34. The van der Waals surface area contributed by atoms with Crippen LogP contribution in [0, 0.1) is 0 Å². The summed E-state index contributed by atoms with van der Waals surface area (Å²) in [4.78, 5) is 37.4. The van der Waals surface area contributed by atoms with Gasteiger partial charge in [-0.1, -0.05) is 70.5 Å². The van der Waals surface area contributed by atoms with E-state index in [9.17, 15) is 14.4 Å². The first kappa shape index (κ1) is 22.9. The van der Waals surface area contributed by atoms with Crippen LogP contribution in [0.3, 0.4) is 0 Å². The van der Waals surface area contributed by atoms with Crippen LogP contribution in [0.25, 0.3) is 10.8 Å². The highest BCUT2D eigenvalue weighted by Crippen LogP contribution is 2.19. The molecule has 0 aliphatic rings. The summed E-state index contributed by atoms with van der Waals surface area (Å²) in [6.45, 7) is 0. The van der Waals surface area contributed by atoms with Gasteiger partial charge in [0.15, 0.2) is 0 Å². The summed E-state index contributed by atoms with van der Waals surface area (Å²) in [6, 6.07) is 27.0. The number of hydrogen-bond acceptors (Lipinski definition) is 4. The summed E-state index contributed by atoms with van der Waals surface area (Å²) in [5, 5.41) is 11.1. The molecule has 4 aromatic carbocycles. The lowest BCUT2D eigenvalue weighted by Gasteiger charge is -2.11. The van der Waals surface area contributed by atoms with Crippen molar-refractivity contribution in [2.75, 3.05) is 10.6 Å². The molecule has 0 fully saturated rings. The molecule has 8 heteroatoms. The van der Waals surface area contributed by atoms with Crippen molar-refractivity contribution in [2.24, 2.45) is 5.10 Å². The molecule has 0 aromatic heterocycles. The standard InChI is InChI=1S/C26H19BrN4O3/c27-19-12-14-20(15-13-19)29-24(32)22-10-3-4-11-23(22)30-25(33)26(34)31-28-16-18-8-5-7-17-6-1-2-9-21(17)18/h1-16H,(H,29,32)(H,30,33)(H,31,34)/b28-16-. The van der Waals surface area contributed by atoms with E-state index in [0.717, 1.165) is 20.8 Å². The van der Waals surface area contributed by atoms with Crippen molar-refractivity contribution in [3.8, 4) is 0 Å². The van der Waals surface area contributed by atoms with Crippen LogP contribution in [0.2, 0.25) is 0 Å². The van der Waals surface area contributed by atoms with Crippen molar-refractivity contribution in [2.45, 2.75) is 0 Å². The zero-order chi connectivity index (χ0) is 23.9. The number of carbonyl (C=O) groups excluding carboxylic acids is 3. The molecule has 168 valence electrons. The summed E-state index contributed by atoms with van der Waals surface area (Å²) in [7, 11) is 0. The van der Waals surface area contributed by atoms with Gasteiger partial charge in [0, 0.05) is 15.7 Å². The third-order valence-corrected chi connectivity index (χ3v) is 5.45. The first-order valence-corrected chi connectivity index (χ1v) is 11.1. The first-order chi connectivity index (χ1) is 16.5. The number of anilines is 2. The van der Waals surface area contributed by atoms with Crippen LogP contribution in [0.15, 0.2) is 101 Å². The summed E-state index contributed by atoms with van der Waals surface area (Å²) in [5.41, 5.74) is 4.03. The van der Waals surface area contributed by atoms with E-state index in [4.69, 9.17) is 0 Å². The number of amides is 3. The molecule has 4 aromatic rings. The summed E-state index contributed by atoms with van der Waals surface area (Å²) in [6.07, 6.45) is 1.48. The Morgan fingerprint density at radius 2 is 1.44 bits per heavy atom. The minimum atomic E-state index is -0.959. The van der Waals surface area contributed by atoms with Crippen LogP contribution in [0.1, 0.15) is 15.9 Å². The molecule has 0 heterocycles. The second-order valence-corrected chi connectivity index (χ2v) is 8.14. The summed E-state index contributed by atoms with van der Waals surface area (Å²) < 4.78 is 0.882. The summed E-state index contributed by atoms with van der Waals surface area (Å²) in [5.74, 6) is -2.33. The maximum Gasteiger partial charge on any atom is 0.329 e. The fourth-order valence-corrected chi connectivity index (χ4v) is 3.54. The number of hydrazone groups is 1. The molecule has 0 unspecified atom stereocenters. The largest absolute Gasteiger partial charge is 0.329 e. The third kappa shape index (κ3) is 5.54.